The van der Waals surface area contributed by atoms with E-state index in [0.29, 0.717) is 22.8 Å². The number of nitrogens with zero attached hydrogens (tertiary/aromatic N) is 1. The van der Waals surface area contributed by atoms with Crippen LogP contribution in [-0.2, 0) is 22.6 Å². The monoisotopic (exact) mass is 576 g/mol. The van der Waals surface area contributed by atoms with Crippen molar-refractivity contribution in [1.82, 2.24) is 15.5 Å². The van der Waals surface area contributed by atoms with Gasteiger partial charge in [-0.15, -0.1) is 11.8 Å². The number of carbonyl (C=O) groups is 3. The highest BCUT2D eigenvalue weighted by Gasteiger charge is 2.40. The Kier molecular flexibility index (Phi) is 9.91. The molecule has 3 atom stereocenters. The summed E-state index contributed by atoms with van der Waals surface area (Å²) in [5.74, 6) is -0.328. The number of benzene rings is 3. The number of nitrogen functional groups attached to an aromatic ring is 1. The predicted molar refractivity (Wildman–Crippen MR) is 161 cm³/mol. The minimum absolute atomic E-state index is 0.209. The predicted octanol–water partition coefficient (Wildman–Crippen LogP) is 2.81. The van der Waals surface area contributed by atoms with Crippen LogP contribution in [0.1, 0.15) is 32.6 Å². The number of para-hydroxylation sites is 1. The fourth-order valence-electron chi connectivity index (χ4n) is 4.87. The third-order valence-corrected chi connectivity index (χ3v) is 8.33. The lowest BCUT2D eigenvalue weighted by Gasteiger charge is -2.30. The third kappa shape index (κ3) is 7.01. The Morgan fingerprint density at radius 1 is 1.07 bits per heavy atom. The summed E-state index contributed by atoms with van der Waals surface area (Å²) >= 11 is 1.43. The molecule has 0 spiro atoms. The molecule has 1 aliphatic heterocycles. The SMILES string of the molecule is COc1c(C)cccc1C(=O)N[C@@H](Cc1ccccc1)[C@H](O)C(=O)N1CSC[C@H]1C(=O)NCc1cccc(N)c1C. The van der Waals surface area contributed by atoms with E-state index in [1.807, 2.05) is 62.4 Å². The lowest BCUT2D eigenvalue weighted by molar-refractivity contribution is -0.146. The zero-order chi connectivity index (χ0) is 29.5. The van der Waals surface area contributed by atoms with Crippen LogP contribution in [0.25, 0.3) is 0 Å². The minimum Gasteiger partial charge on any atom is -0.496 e. The smallest absolute Gasteiger partial charge is 0.255 e. The van der Waals surface area contributed by atoms with E-state index in [1.54, 1.807) is 18.2 Å². The first-order valence-electron chi connectivity index (χ1n) is 13.4. The molecule has 0 unspecified atom stereocenters. The zero-order valence-electron chi connectivity index (χ0n) is 23.4. The summed E-state index contributed by atoms with van der Waals surface area (Å²) < 4.78 is 5.44. The molecule has 1 saturated heterocycles. The molecule has 216 valence electrons. The summed E-state index contributed by atoms with van der Waals surface area (Å²) in [4.78, 5) is 41.6. The van der Waals surface area contributed by atoms with Crippen LogP contribution in [0.2, 0.25) is 0 Å². The normalized spacial score (nSPS) is 16.1. The Morgan fingerprint density at radius 2 is 1.80 bits per heavy atom. The summed E-state index contributed by atoms with van der Waals surface area (Å²) in [5, 5.41) is 17.1. The largest absolute Gasteiger partial charge is 0.496 e. The molecule has 3 amide bonds. The number of aliphatic hydroxyl groups is 1. The van der Waals surface area contributed by atoms with Gasteiger partial charge < -0.3 is 31.1 Å². The second-order valence-electron chi connectivity index (χ2n) is 10.0. The Bertz CT molecular complexity index is 1400. The average Bonchev–Trinajstić information content (AvgIpc) is 3.47. The van der Waals surface area contributed by atoms with Crippen molar-refractivity contribution >= 4 is 35.2 Å². The van der Waals surface area contributed by atoms with Crippen LogP contribution < -0.4 is 21.1 Å². The molecule has 41 heavy (non-hydrogen) atoms. The number of amides is 3. The summed E-state index contributed by atoms with van der Waals surface area (Å²) in [6, 6.07) is 18.3. The second kappa shape index (κ2) is 13.6. The van der Waals surface area contributed by atoms with Crippen molar-refractivity contribution in [2.75, 3.05) is 24.5 Å². The molecule has 0 saturated carbocycles. The second-order valence-corrected chi connectivity index (χ2v) is 11.0. The van der Waals surface area contributed by atoms with Crippen molar-refractivity contribution in [3.8, 4) is 5.75 Å². The van der Waals surface area contributed by atoms with Crippen LogP contribution >= 0.6 is 11.8 Å². The van der Waals surface area contributed by atoms with Gasteiger partial charge in [0.15, 0.2) is 6.10 Å². The molecule has 5 N–H and O–H groups in total. The van der Waals surface area contributed by atoms with Gasteiger partial charge in [-0.2, -0.15) is 0 Å². The molecule has 10 heteroatoms. The van der Waals surface area contributed by atoms with Crippen LogP contribution in [0.4, 0.5) is 5.69 Å². The van der Waals surface area contributed by atoms with Gasteiger partial charge in [0.2, 0.25) is 5.91 Å². The highest BCUT2D eigenvalue weighted by atomic mass is 32.2. The molecule has 1 heterocycles. The van der Waals surface area contributed by atoms with Crippen molar-refractivity contribution in [1.29, 1.82) is 0 Å². The van der Waals surface area contributed by atoms with Gasteiger partial charge in [0.1, 0.15) is 11.8 Å². The number of nitrogens with one attached hydrogen (secondary N) is 2. The number of ether oxygens (including phenoxy) is 1. The van der Waals surface area contributed by atoms with Gasteiger partial charge in [-0.25, -0.2) is 0 Å². The number of aliphatic hydroxyl groups excluding tert-OH is 1. The van der Waals surface area contributed by atoms with E-state index in [2.05, 4.69) is 10.6 Å². The Morgan fingerprint density at radius 3 is 2.54 bits per heavy atom. The average molecular weight is 577 g/mol. The van der Waals surface area contributed by atoms with Gasteiger partial charge in [-0.05, 0) is 54.7 Å². The van der Waals surface area contributed by atoms with Crippen molar-refractivity contribution in [2.24, 2.45) is 0 Å². The third-order valence-electron chi connectivity index (χ3n) is 7.32. The topological polar surface area (TPSA) is 134 Å². The lowest BCUT2D eigenvalue weighted by Crippen LogP contribution is -2.56. The molecule has 3 aromatic rings. The van der Waals surface area contributed by atoms with Crippen LogP contribution in [0, 0.1) is 13.8 Å². The molecule has 3 aromatic carbocycles. The summed E-state index contributed by atoms with van der Waals surface area (Å²) in [7, 11) is 1.49. The molecule has 4 rings (SSSR count). The first kappa shape index (κ1) is 30.0. The van der Waals surface area contributed by atoms with Crippen molar-refractivity contribution < 1.29 is 24.2 Å². The molecule has 0 radical (unpaired) electrons. The number of carbonyl (C=O) groups excluding carboxylic acids is 3. The first-order valence-corrected chi connectivity index (χ1v) is 14.5. The number of nitrogens with two attached hydrogens (primary N) is 1. The Labute approximate surface area is 244 Å². The number of rotatable bonds is 10. The maximum atomic E-state index is 13.7. The van der Waals surface area contributed by atoms with E-state index in [-0.39, 0.29) is 24.7 Å². The summed E-state index contributed by atoms with van der Waals surface area (Å²) in [6.45, 7) is 3.99. The molecule has 1 fully saturated rings. The van der Waals surface area contributed by atoms with E-state index in [1.165, 1.54) is 23.8 Å². The standard InChI is InChI=1S/C31H36N4O5S/c1-19-9-7-13-23(28(19)40-3)29(37)34-25(15-21-10-5-4-6-11-21)27(36)31(39)35-18-41-17-26(35)30(38)33-16-22-12-8-14-24(32)20(22)2/h4-14,25-27,36H,15-18,32H2,1-3H3,(H,33,38)(H,34,37)/t25-,26-,27-/m0/s1. The van der Waals surface area contributed by atoms with Crippen molar-refractivity contribution in [2.45, 2.75) is 45.0 Å². The van der Waals surface area contributed by atoms with Crippen LogP contribution in [0.15, 0.2) is 66.7 Å². The van der Waals surface area contributed by atoms with Crippen LogP contribution in [0.3, 0.4) is 0 Å². The van der Waals surface area contributed by atoms with E-state index >= 15 is 0 Å². The Balaban J connectivity index is 1.51. The van der Waals surface area contributed by atoms with E-state index in [0.717, 1.165) is 22.3 Å². The van der Waals surface area contributed by atoms with Gasteiger partial charge >= 0.3 is 0 Å². The fraction of sp³-hybridized carbons (Fsp3) is 0.323. The number of aryl methyl sites for hydroxylation is 1. The molecular formula is C31H36N4O5S. The van der Waals surface area contributed by atoms with Gasteiger partial charge in [0.05, 0.1) is 24.6 Å². The molecule has 9 nitrogen and oxygen atoms in total. The lowest BCUT2D eigenvalue weighted by atomic mass is 9.99. The highest BCUT2D eigenvalue weighted by molar-refractivity contribution is 7.99. The Hall–Kier alpha value is -4.02. The van der Waals surface area contributed by atoms with Crippen LogP contribution in [0.5, 0.6) is 5.75 Å². The summed E-state index contributed by atoms with van der Waals surface area (Å²) in [6.07, 6.45) is -1.37. The number of hydrogen-bond donors (Lipinski definition) is 4. The maximum absolute atomic E-state index is 13.7. The summed E-state index contributed by atoms with van der Waals surface area (Å²) in [5.41, 5.74) is 10.3. The quantitative estimate of drug-likeness (QED) is 0.273. The van der Waals surface area contributed by atoms with Gasteiger partial charge in [0, 0.05) is 18.0 Å². The van der Waals surface area contributed by atoms with Gasteiger partial charge in [0.25, 0.3) is 11.8 Å². The van der Waals surface area contributed by atoms with E-state index in [9.17, 15) is 19.5 Å². The zero-order valence-corrected chi connectivity index (χ0v) is 24.2. The van der Waals surface area contributed by atoms with Crippen molar-refractivity contribution in [3.63, 3.8) is 0 Å². The molecule has 0 aliphatic carbocycles. The van der Waals surface area contributed by atoms with Gasteiger partial charge in [-0.3, -0.25) is 14.4 Å². The van der Waals surface area contributed by atoms with Gasteiger partial charge in [-0.1, -0.05) is 54.6 Å². The molecule has 0 bridgehead atoms. The van der Waals surface area contributed by atoms with E-state index < -0.39 is 30.0 Å². The number of hydrogen-bond acceptors (Lipinski definition) is 7. The first-order chi connectivity index (χ1) is 19.7. The molecule has 1 aliphatic rings. The molecule has 0 aromatic heterocycles. The number of thioether (sulfide) groups is 1. The fourth-order valence-corrected chi connectivity index (χ4v) is 6.04. The minimum atomic E-state index is -1.58. The van der Waals surface area contributed by atoms with E-state index in [4.69, 9.17) is 10.5 Å². The number of anilines is 1. The molecular weight excluding hydrogens is 540 g/mol. The van der Waals surface area contributed by atoms with Crippen LogP contribution in [-0.4, -0.2) is 64.7 Å². The van der Waals surface area contributed by atoms with Crippen molar-refractivity contribution in [3.05, 3.63) is 94.5 Å². The highest BCUT2D eigenvalue weighted by Crippen LogP contribution is 2.25. The maximum Gasteiger partial charge on any atom is 0.255 e. The number of methoxy groups -OCH3 is 1.